The Morgan fingerprint density at radius 2 is 2.19 bits per heavy atom. The molecule has 4 nitrogen and oxygen atoms in total. The fourth-order valence-corrected chi connectivity index (χ4v) is 3.05. The lowest BCUT2D eigenvalue weighted by molar-refractivity contribution is -0.132. The van der Waals surface area contributed by atoms with Crippen LogP contribution in [0.4, 0.5) is 0 Å². The van der Waals surface area contributed by atoms with Crippen molar-refractivity contribution >= 4 is 5.91 Å². The largest absolute Gasteiger partial charge is 0.484 e. The Kier molecular flexibility index (Phi) is 4.15. The first-order valence-electron chi connectivity index (χ1n) is 7.93. The number of benzene rings is 1. The van der Waals surface area contributed by atoms with E-state index in [1.165, 1.54) is 11.1 Å². The zero-order valence-electron chi connectivity index (χ0n) is 12.9. The lowest BCUT2D eigenvalue weighted by atomic mass is 10.1. The topological polar surface area (TPSA) is 41.6 Å². The fraction of sp³-hybridized carbons (Fsp3) is 0.588. The summed E-state index contributed by atoms with van der Waals surface area (Å²) in [4.78, 5) is 13.8. The molecule has 1 aromatic rings. The van der Waals surface area contributed by atoms with Crippen LogP contribution in [-0.2, 0) is 11.2 Å². The van der Waals surface area contributed by atoms with Gasteiger partial charge in [-0.1, -0.05) is 13.0 Å². The van der Waals surface area contributed by atoms with Gasteiger partial charge in [-0.25, -0.2) is 0 Å². The number of nitrogens with zero attached hydrogens (tertiary/aromatic N) is 1. The van der Waals surface area contributed by atoms with Crippen molar-refractivity contribution in [2.75, 3.05) is 20.2 Å². The fourth-order valence-electron chi connectivity index (χ4n) is 3.05. The van der Waals surface area contributed by atoms with Crippen LogP contribution in [0.15, 0.2) is 18.2 Å². The average molecular weight is 288 g/mol. The normalized spacial score (nSPS) is 20.2. The van der Waals surface area contributed by atoms with Gasteiger partial charge in [0.15, 0.2) is 6.61 Å². The Hall–Kier alpha value is -1.55. The van der Waals surface area contributed by atoms with Crippen LogP contribution >= 0.6 is 0 Å². The molecule has 0 aromatic heterocycles. The summed E-state index contributed by atoms with van der Waals surface area (Å²) in [7, 11) is 1.87. The van der Waals surface area contributed by atoms with E-state index >= 15 is 0 Å². The van der Waals surface area contributed by atoms with E-state index in [4.69, 9.17) is 4.74 Å². The van der Waals surface area contributed by atoms with Crippen molar-refractivity contribution in [2.24, 2.45) is 0 Å². The van der Waals surface area contributed by atoms with E-state index in [0.717, 1.165) is 38.0 Å². The molecule has 3 rings (SSSR count). The van der Waals surface area contributed by atoms with Gasteiger partial charge in [0, 0.05) is 19.1 Å². The summed E-state index contributed by atoms with van der Waals surface area (Å²) < 4.78 is 5.68. The van der Waals surface area contributed by atoms with E-state index in [9.17, 15) is 4.79 Å². The maximum atomic E-state index is 12.0. The van der Waals surface area contributed by atoms with Gasteiger partial charge in [-0.15, -0.1) is 0 Å². The number of aryl methyl sites for hydroxylation is 1. The highest BCUT2D eigenvalue weighted by atomic mass is 16.5. The molecule has 1 saturated carbocycles. The molecule has 21 heavy (non-hydrogen) atoms. The Labute approximate surface area is 126 Å². The number of fused-ring (bicyclic) bond motifs is 1. The van der Waals surface area contributed by atoms with Crippen molar-refractivity contribution in [3.8, 4) is 5.75 Å². The molecular formula is C17H24N2O2. The van der Waals surface area contributed by atoms with Crippen LogP contribution in [0.2, 0.25) is 0 Å². The molecule has 2 aliphatic carbocycles. The first kappa shape index (κ1) is 14.4. The third-order valence-corrected chi connectivity index (χ3v) is 4.49. The van der Waals surface area contributed by atoms with E-state index in [-0.39, 0.29) is 12.5 Å². The molecule has 0 radical (unpaired) electrons. The third kappa shape index (κ3) is 3.21. The summed E-state index contributed by atoms with van der Waals surface area (Å²) in [5, 5.41) is 3.50. The van der Waals surface area contributed by atoms with Gasteiger partial charge in [-0.05, 0) is 55.5 Å². The number of hydrogen-bond acceptors (Lipinski definition) is 3. The number of amides is 1. The van der Waals surface area contributed by atoms with Gasteiger partial charge in [0.2, 0.25) is 0 Å². The summed E-state index contributed by atoms with van der Waals surface area (Å²) in [6.07, 6.45) is 4.50. The second-order valence-electron chi connectivity index (χ2n) is 6.03. The predicted molar refractivity (Wildman–Crippen MR) is 82.5 cm³/mol. The molecule has 1 atom stereocenters. The number of ether oxygens (including phenoxy) is 1. The van der Waals surface area contributed by atoms with E-state index < -0.39 is 0 Å². The predicted octanol–water partition coefficient (Wildman–Crippen LogP) is 2.28. The SMILES string of the molecule is CCNC1CCc2cc(OCC(=O)N(C)C3CC3)ccc21. The first-order chi connectivity index (χ1) is 10.2. The van der Waals surface area contributed by atoms with Crippen molar-refractivity contribution in [3.05, 3.63) is 29.3 Å². The Morgan fingerprint density at radius 1 is 1.38 bits per heavy atom. The van der Waals surface area contributed by atoms with Crippen LogP contribution in [0.3, 0.4) is 0 Å². The molecular weight excluding hydrogens is 264 g/mol. The molecule has 1 fully saturated rings. The highest BCUT2D eigenvalue weighted by Crippen LogP contribution is 2.33. The van der Waals surface area contributed by atoms with Crippen LogP contribution in [-0.4, -0.2) is 37.0 Å². The number of likely N-dealkylation sites (N-methyl/N-ethyl adjacent to an activating group) is 1. The minimum absolute atomic E-state index is 0.0727. The van der Waals surface area contributed by atoms with E-state index in [1.54, 1.807) is 0 Å². The molecule has 0 heterocycles. The number of carbonyl (C=O) groups excluding carboxylic acids is 1. The van der Waals surface area contributed by atoms with Gasteiger partial charge in [0.25, 0.3) is 5.91 Å². The van der Waals surface area contributed by atoms with Crippen LogP contribution in [0, 0.1) is 0 Å². The highest BCUT2D eigenvalue weighted by molar-refractivity contribution is 5.78. The molecule has 1 aromatic carbocycles. The zero-order valence-corrected chi connectivity index (χ0v) is 12.9. The van der Waals surface area contributed by atoms with Gasteiger partial charge < -0.3 is 15.0 Å². The summed E-state index contributed by atoms with van der Waals surface area (Å²) in [5.41, 5.74) is 2.73. The van der Waals surface area contributed by atoms with Gasteiger partial charge >= 0.3 is 0 Å². The van der Waals surface area contributed by atoms with E-state index in [2.05, 4.69) is 24.4 Å². The average Bonchev–Trinajstić information content (AvgIpc) is 3.27. The van der Waals surface area contributed by atoms with Gasteiger partial charge in [0.1, 0.15) is 5.75 Å². The van der Waals surface area contributed by atoms with E-state index in [1.807, 2.05) is 18.0 Å². The van der Waals surface area contributed by atoms with Crippen molar-refractivity contribution in [3.63, 3.8) is 0 Å². The molecule has 1 N–H and O–H groups in total. The second-order valence-corrected chi connectivity index (χ2v) is 6.03. The molecule has 0 aliphatic heterocycles. The number of carbonyl (C=O) groups is 1. The highest BCUT2D eigenvalue weighted by Gasteiger charge is 2.29. The summed E-state index contributed by atoms with van der Waals surface area (Å²) >= 11 is 0. The molecule has 2 aliphatic rings. The summed E-state index contributed by atoms with van der Waals surface area (Å²) in [6.45, 7) is 3.27. The van der Waals surface area contributed by atoms with Crippen LogP contribution in [0.1, 0.15) is 43.4 Å². The van der Waals surface area contributed by atoms with Gasteiger partial charge in [-0.3, -0.25) is 4.79 Å². The number of hydrogen-bond donors (Lipinski definition) is 1. The zero-order chi connectivity index (χ0) is 14.8. The van der Waals surface area contributed by atoms with E-state index in [0.29, 0.717) is 12.1 Å². The third-order valence-electron chi connectivity index (χ3n) is 4.49. The lowest BCUT2D eigenvalue weighted by Gasteiger charge is -2.17. The number of rotatable bonds is 6. The first-order valence-corrected chi connectivity index (χ1v) is 7.93. The molecule has 114 valence electrons. The second kappa shape index (κ2) is 6.06. The van der Waals surface area contributed by atoms with Crippen molar-refractivity contribution in [2.45, 2.75) is 44.7 Å². The van der Waals surface area contributed by atoms with Crippen LogP contribution in [0.5, 0.6) is 5.75 Å². The van der Waals surface area contributed by atoms with Crippen molar-refractivity contribution in [1.29, 1.82) is 0 Å². The quantitative estimate of drug-likeness (QED) is 0.873. The van der Waals surface area contributed by atoms with Crippen LogP contribution < -0.4 is 10.1 Å². The molecule has 0 bridgehead atoms. The standard InChI is InChI=1S/C17H24N2O2/c1-3-18-16-9-4-12-10-14(7-8-15(12)16)21-11-17(20)19(2)13-5-6-13/h7-8,10,13,16,18H,3-6,9,11H2,1-2H3. The molecule has 1 amide bonds. The Bertz CT molecular complexity index is 526. The molecule has 0 saturated heterocycles. The molecule has 0 spiro atoms. The molecule has 4 heteroatoms. The maximum absolute atomic E-state index is 12.0. The number of nitrogens with one attached hydrogen (secondary N) is 1. The molecule has 1 unspecified atom stereocenters. The van der Waals surface area contributed by atoms with Gasteiger partial charge in [-0.2, -0.15) is 0 Å². The monoisotopic (exact) mass is 288 g/mol. The van der Waals surface area contributed by atoms with Crippen LogP contribution in [0.25, 0.3) is 0 Å². The minimum atomic E-state index is 0.0727. The lowest BCUT2D eigenvalue weighted by Crippen LogP contribution is -2.33. The van der Waals surface area contributed by atoms with Crippen molar-refractivity contribution < 1.29 is 9.53 Å². The Balaban J connectivity index is 1.58. The van der Waals surface area contributed by atoms with Gasteiger partial charge in [0.05, 0.1) is 0 Å². The van der Waals surface area contributed by atoms with Crippen molar-refractivity contribution in [1.82, 2.24) is 10.2 Å². The Morgan fingerprint density at radius 3 is 2.90 bits per heavy atom. The summed E-state index contributed by atoms with van der Waals surface area (Å²) in [6, 6.07) is 7.14. The minimum Gasteiger partial charge on any atom is -0.484 e. The maximum Gasteiger partial charge on any atom is 0.260 e. The smallest absolute Gasteiger partial charge is 0.260 e. The summed E-state index contributed by atoms with van der Waals surface area (Å²) in [5.74, 6) is 0.881.